The van der Waals surface area contributed by atoms with Gasteiger partial charge in [-0.25, -0.2) is 0 Å². The molecular formula is C17H18N2O. The molecule has 0 radical (unpaired) electrons. The first-order chi connectivity index (χ1) is 9.66. The molecule has 0 bridgehead atoms. The number of hydrogen-bond donors (Lipinski definition) is 0. The second kappa shape index (κ2) is 5.00. The molecule has 0 amide bonds. The molecule has 3 rings (SSSR count). The molecule has 3 nitrogen and oxygen atoms in total. The molecule has 0 saturated heterocycles. The van der Waals surface area contributed by atoms with E-state index in [1.54, 1.807) is 0 Å². The molecule has 20 heavy (non-hydrogen) atoms. The highest BCUT2D eigenvalue weighted by Gasteiger charge is 2.24. The van der Waals surface area contributed by atoms with Gasteiger partial charge in [0.1, 0.15) is 0 Å². The summed E-state index contributed by atoms with van der Waals surface area (Å²) in [5.74, 6) is 0.162. The van der Waals surface area contributed by atoms with E-state index in [0.717, 1.165) is 35.4 Å². The van der Waals surface area contributed by atoms with Crippen LogP contribution < -0.4 is 4.90 Å². The van der Waals surface area contributed by atoms with Crippen LogP contribution in [0.3, 0.4) is 0 Å². The van der Waals surface area contributed by atoms with E-state index in [-0.39, 0.29) is 5.78 Å². The number of aromatic nitrogens is 1. The van der Waals surface area contributed by atoms with Crippen LogP contribution in [-0.2, 0) is 13.5 Å². The van der Waals surface area contributed by atoms with Crippen molar-refractivity contribution in [3.05, 3.63) is 65.6 Å². The summed E-state index contributed by atoms with van der Waals surface area (Å²) in [4.78, 5) is 14.5. The lowest BCUT2D eigenvalue weighted by Gasteiger charge is -2.20. The van der Waals surface area contributed by atoms with Gasteiger partial charge >= 0.3 is 0 Å². The van der Waals surface area contributed by atoms with E-state index in [1.165, 1.54) is 0 Å². The Morgan fingerprint density at radius 2 is 1.90 bits per heavy atom. The number of benzene rings is 1. The molecule has 1 aliphatic rings. The minimum atomic E-state index is 0.162. The zero-order chi connectivity index (χ0) is 14.1. The predicted octanol–water partition coefficient (Wildman–Crippen LogP) is 3.17. The molecule has 0 atom stereocenters. The summed E-state index contributed by atoms with van der Waals surface area (Å²) in [7, 11) is 3.98. The van der Waals surface area contributed by atoms with Gasteiger partial charge < -0.3 is 9.47 Å². The van der Waals surface area contributed by atoms with Crippen molar-refractivity contribution >= 4 is 11.5 Å². The van der Waals surface area contributed by atoms with Crippen LogP contribution in [0.5, 0.6) is 0 Å². The van der Waals surface area contributed by atoms with Crippen molar-refractivity contribution < 1.29 is 4.79 Å². The fraction of sp³-hybridized carbons (Fsp3) is 0.235. The van der Waals surface area contributed by atoms with Crippen LogP contribution in [0.25, 0.3) is 0 Å². The number of aryl methyl sites for hydroxylation is 1. The Morgan fingerprint density at radius 3 is 2.65 bits per heavy atom. The van der Waals surface area contributed by atoms with Gasteiger partial charge in [-0.2, -0.15) is 0 Å². The van der Waals surface area contributed by atoms with Gasteiger partial charge in [-0.3, -0.25) is 4.79 Å². The molecule has 0 aliphatic heterocycles. The Bertz CT molecular complexity index is 668. The fourth-order valence-electron chi connectivity index (χ4n) is 2.71. The van der Waals surface area contributed by atoms with Gasteiger partial charge in [0.05, 0.1) is 0 Å². The number of hydrogen-bond acceptors (Lipinski definition) is 2. The summed E-state index contributed by atoms with van der Waals surface area (Å²) in [6.07, 6.45) is 5.67. The lowest BCUT2D eigenvalue weighted by atomic mass is 9.92. The summed E-state index contributed by atoms with van der Waals surface area (Å²) in [5.41, 5.74) is 3.97. The van der Waals surface area contributed by atoms with Gasteiger partial charge in [0.2, 0.25) is 0 Å². The quantitative estimate of drug-likeness (QED) is 0.780. The number of anilines is 1. The van der Waals surface area contributed by atoms with Crippen LogP contribution in [-0.4, -0.2) is 17.4 Å². The Labute approximate surface area is 119 Å². The number of carbonyl (C=O) groups is 1. The Balaban J connectivity index is 1.89. The Hall–Kier alpha value is -2.29. The monoisotopic (exact) mass is 266 g/mol. The van der Waals surface area contributed by atoms with Crippen molar-refractivity contribution in [2.24, 2.45) is 7.05 Å². The minimum Gasteiger partial charge on any atom is -0.354 e. The zero-order valence-electron chi connectivity index (χ0n) is 11.8. The van der Waals surface area contributed by atoms with Gasteiger partial charge in [-0.15, -0.1) is 0 Å². The van der Waals surface area contributed by atoms with Gasteiger partial charge in [0.25, 0.3) is 0 Å². The highest BCUT2D eigenvalue weighted by molar-refractivity contribution is 6.10. The highest BCUT2D eigenvalue weighted by Crippen LogP contribution is 2.26. The number of ketones is 1. The Morgan fingerprint density at radius 1 is 1.15 bits per heavy atom. The lowest BCUT2D eigenvalue weighted by molar-refractivity contribution is 0.102. The van der Waals surface area contributed by atoms with Crippen LogP contribution in [0, 0.1) is 0 Å². The summed E-state index contributed by atoms with van der Waals surface area (Å²) < 4.78 is 2.05. The summed E-state index contributed by atoms with van der Waals surface area (Å²) in [6.45, 7) is 0. The largest absolute Gasteiger partial charge is 0.354 e. The molecule has 1 aliphatic carbocycles. The first kappa shape index (κ1) is 12.7. The number of carbonyl (C=O) groups excluding carboxylic acids is 1. The van der Waals surface area contributed by atoms with Crippen molar-refractivity contribution in [3.8, 4) is 0 Å². The van der Waals surface area contributed by atoms with E-state index < -0.39 is 0 Å². The van der Waals surface area contributed by atoms with Gasteiger partial charge in [0.15, 0.2) is 5.78 Å². The van der Waals surface area contributed by atoms with Crippen LogP contribution in [0.2, 0.25) is 0 Å². The zero-order valence-corrected chi connectivity index (χ0v) is 11.8. The molecule has 3 heteroatoms. The molecule has 1 aromatic carbocycles. The normalized spacial score (nSPS) is 16.3. The second-order valence-electron chi connectivity index (χ2n) is 5.22. The third kappa shape index (κ3) is 2.16. The van der Waals surface area contributed by atoms with Gasteiger partial charge in [-0.1, -0.05) is 18.2 Å². The molecule has 1 heterocycles. The predicted molar refractivity (Wildman–Crippen MR) is 81.0 cm³/mol. The van der Waals surface area contributed by atoms with E-state index in [9.17, 15) is 4.79 Å². The van der Waals surface area contributed by atoms with Crippen LogP contribution in [0.4, 0.5) is 5.69 Å². The average molecular weight is 266 g/mol. The number of fused-ring (bicyclic) bond motifs is 1. The molecular weight excluding hydrogens is 248 g/mol. The van der Waals surface area contributed by atoms with E-state index in [0.29, 0.717) is 0 Å². The lowest BCUT2D eigenvalue weighted by Crippen LogP contribution is -2.18. The molecule has 102 valence electrons. The SMILES string of the molecule is CN(/C=C1\CCc2c(ccn2C)C1=O)c1ccccc1. The van der Waals surface area contributed by atoms with Crippen LogP contribution >= 0.6 is 0 Å². The van der Waals surface area contributed by atoms with Crippen molar-refractivity contribution in [2.75, 3.05) is 11.9 Å². The van der Waals surface area contributed by atoms with E-state index in [2.05, 4.69) is 0 Å². The fourth-order valence-corrected chi connectivity index (χ4v) is 2.71. The van der Waals surface area contributed by atoms with E-state index >= 15 is 0 Å². The second-order valence-corrected chi connectivity index (χ2v) is 5.22. The third-order valence-corrected chi connectivity index (χ3v) is 3.88. The van der Waals surface area contributed by atoms with E-state index in [4.69, 9.17) is 0 Å². The average Bonchev–Trinajstić information content (AvgIpc) is 2.85. The number of allylic oxidation sites excluding steroid dienone is 1. The number of rotatable bonds is 2. The Kier molecular flexibility index (Phi) is 3.18. The molecule has 2 aromatic rings. The van der Waals surface area contributed by atoms with Crippen molar-refractivity contribution in [1.29, 1.82) is 0 Å². The van der Waals surface area contributed by atoms with Crippen molar-refractivity contribution in [1.82, 2.24) is 4.57 Å². The number of Topliss-reactive ketones (excluding diaryl/α,β-unsaturated/α-hetero) is 1. The third-order valence-electron chi connectivity index (χ3n) is 3.88. The summed E-state index contributed by atoms with van der Waals surface area (Å²) >= 11 is 0. The van der Waals surface area contributed by atoms with Crippen LogP contribution in [0.15, 0.2) is 54.4 Å². The molecule has 0 unspecified atom stereocenters. The number of nitrogens with zero attached hydrogens (tertiary/aromatic N) is 2. The highest BCUT2D eigenvalue weighted by atomic mass is 16.1. The van der Waals surface area contributed by atoms with Crippen molar-refractivity contribution in [2.45, 2.75) is 12.8 Å². The molecule has 0 spiro atoms. The van der Waals surface area contributed by atoms with E-state index in [1.807, 2.05) is 72.4 Å². The first-order valence-corrected chi connectivity index (χ1v) is 6.84. The molecule has 0 saturated carbocycles. The maximum absolute atomic E-state index is 12.5. The standard InChI is InChI=1S/C17H18N2O/c1-18-11-10-15-16(18)9-8-13(17(15)20)12-19(2)14-6-4-3-5-7-14/h3-7,10-12H,8-9H2,1-2H3/b13-12+. The van der Waals surface area contributed by atoms with Gasteiger partial charge in [0, 0.05) is 49.0 Å². The molecule has 0 N–H and O–H groups in total. The topological polar surface area (TPSA) is 25.2 Å². The molecule has 1 aromatic heterocycles. The molecule has 0 fully saturated rings. The summed E-state index contributed by atoms with van der Waals surface area (Å²) in [5, 5.41) is 0. The first-order valence-electron chi connectivity index (χ1n) is 6.84. The summed E-state index contributed by atoms with van der Waals surface area (Å²) in [6, 6.07) is 12.0. The van der Waals surface area contributed by atoms with Gasteiger partial charge in [-0.05, 0) is 31.0 Å². The number of para-hydroxylation sites is 1. The van der Waals surface area contributed by atoms with Crippen LogP contribution in [0.1, 0.15) is 22.5 Å². The van der Waals surface area contributed by atoms with Crippen molar-refractivity contribution in [3.63, 3.8) is 0 Å². The maximum Gasteiger partial charge on any atom is 0.192 e. The smallest absolute Gasteiger partial charge is 0.192 e. The maximum atomic E-state index is 12.5. The minimum absolute atomic E-state index is 0.162.